The van der Waals surface area contributed by atoms with Crippen molar-refractivity contribution in [1.82, 2.24) is 25.5 Å². The van der Waals surface area contributed by atoms with E-state index in [1.807, 2.05) is 0 Å². The Kier molecular flexibility index (Phi) is 7.15. The van der Waals surface area contributed by atoms with Gasteiger partial charge < -0.3 is 24.4 Å². The fourth-order valence-corrected chi connectivity index (χ4v) is 4.23. The van der Waals surface area contributed by atoms with E-state index < -0.39 is 41.0 Å². The number of halogens is 3. The molecule has 1 saturated heterocycles. The van der Waals surface area contributed by atoms with E-state index in [1.54, 1.807) is 23.1 Å². The molecule has 1 unspecified atom stereocenters. The Morgan fingerprint density at radius 3 is 2.46 bits per heavy atom. The number of aliphatic hydroxyl groups excluding tert-OH is 1. The Morgan fingerprint density at radius 2 is 1.79 bits per heavy atom. The van der Waals surface area contributed by atoms with E-state index in [-0.39, 0.29) is 23.8 Å². The molecule has 39 heavy (non-hydrogen) atoms. The summed E-state index contributed by atoms with van der Waals surface area (Å²) in [5.41, 5.74) is -0.612. The number of benzene rings is 2. The Hall–Kier alpha value is -4.52. The zero-order valence-corrected chi connectivity index (χ0v) is 20.3. The third kappa shape index (κ3) is 5.53. The average molecular weight is 541 g/mol. The number of Topliss-reactive ketones (excluding diaryl/α,β-unsaturated/α-hetero) is 1. The van der Waals surface area contributed by atoms with Crippen molar-refractivity contribution < 1.29 is 36.9 Å². The highest BCUT2D eigenvalue weighted by molar-refractivity contribution is 5.84. The summed E-state index contributed by atoms with van der Waals surface area (Å²) in [7, 11) is 0. The molecule has 0 spiro atoms. The number of amides is 2. The van der Waals surface area contributed by atoms with Crippen LogP contribution in [0, 0.1) is 0 Å². The molecule has 3 heterocycles. The first-order chi connectivity index (χ1) is 18.7. The van der Waals surface area contributed by atoms with Gasteiger partial charge in [-0.05, 0) is 12.0 Å². The van der Waals surface area contributed by atoms with Crippen molar-refractivity contribution >= 4 is 11.8 Å². The van der Waals surface area contributed by atoms with Crippen molar-refractivity contribution in [3.05, 3.63) is 65.7 Å². The van der Waals surface area contributed by atoms with Crippen LogP contribution in [0.1, 0.15) is 30.1 Å². The lowest BCUT2D eigenvalue weighted by Crippen LogP contribution is -2.29. The van der Waals surface area contributed by atoms with E-state index in [9.17, 15) is 27.9 Å². The molecule has 4 aromatic rings. The van der Waals surface area contributed by atoms with E-state index in [1.165, 1.54) is 36.4 Å². The van der Waals surface area contributed by atoms with Crippen LogP contribution in [0.4, 0.5) is 18.0 Å². The lowest BCUT2D eigenvalue weighted by Gasteiger charge is -2.14. The second kappa shape index (κ2) is 10.7. The summed E-state index contributed by atoms with van der Waals surface area (Å²) in [4.78, 5) is 29.6. The minimum absolute atomic E-state index is 0.0213. The van der Waals surface area contributed by atoms with E-state index >= 15 is 0 Å². The molecule has 1 atom stereocenters. The van der Waals surface area contributed by atoms with Crippen molar-refractivity contribution in [1.29, 1.82) is 0 Å². The molecule has 1 aliphatic rings. The van der Waals surface area contributed by atoms with Crippen molar-refractivity contribution in [3.8, 4) is 34.3 Å². The lowest BCUT2D eigenvalue weighted by molar-refractivity contribution is -0.137. The summed E-state index contributed by atoms with van der Waals surface area (Å²) < 4.78 is 51.9. The number of alkyl halides is 3. The predicted molar refractivity (Wildman–Crippen MR) is 130 cm³/mol. The maximum Gasteiger partial charge on any atom is 0.422 e. The van der Waals surface area contributed by atoms with Gasteiger partial charge in [-0.2, -0.15) is 18.2 Å². The number of nitrogens with zero attached hydrogens (tertiary/aromatic N) is 4. The molecule has 10 nitrogen and oxygen atoms in total. The van der Waals surface area contributed by atoms with E-state index in [2.05, 4.69) is 20.6 Å². The Bertz CT molecular complexity index is 1470. The van der Waals surface area contributed by atoms with Gasteiger partial charge in [-0.25, -0.2) is 4.79 Å². The fourth-order valence-electron chi connectivity index (χ4n) is 4.23. The SMILES string of the molecule is O=C(CCCN1CCNC1=O)C(O)c1ccc(-c2noc(-c3onc(-c4ccccc4)c3C(F)(F)F)n2)cc1. The van der Waals surface area contributed by atoms with Crippen LogP contribution in [-0.4, -0.2) is 56.8 Å². The highest BCUT2D eigenvalue weighted by Gasteiger charge is 2.43. The first-order valence-electron chi connectivity index (χ1n) is 12.0. The van der Waals surface area contributed by atoms with Gasteiger partial charge in [0.1, 0.15) is 17.4 Å². The van der Waals surface area contributed by atoms with Crippen LogP contribution in [0.5, 0.6) is 0 Å². The molecule has 0 bridgehead atoms. The normalized spacial score (nSPS) is 14.5. The van der Waals surface area contributed by atoms with Gasteiger partial charge >= 0.3 is 12.2 Å². The number of rotatable bonds is 9. The first-order valence-corrected chi connectivity index (χ1v) is 12.0. The predicted octanol–water partition coefficient (Wildman–Crippen LogP) is 4.49. The third-order valence-corrected chi connectivity index (χ3v) is 6.23. The lowest BCUT2D eigenvalue weighted by atomic mass is 10.0. The first kappa shape index (κ1) is 26.1. The van der Waals surface area contributed by atoms with Crippen molar-refractivity contribution in [2.24, 2.45) is 0 Å². The Labute approximate surface area is 219 Å². The van der Waals surface area contributed by atoms with Gasteiger partial charge in [0, 0.05) is 37.2 Å². The Balaban J connectivity index is 1.29. The van der Waals surface area contributed by atoms with Crippen molar-refractivity contribution in [2.75, 3.05) is 19.6 Å². The maximum atomic E-state index is 13.9. The molecule has 0 radical (unpaired) electrons. The van der Waals surface area contributed by atoms with E-state index in [0.717, 1.165) is 0 Å². The van der Waals surface area contributed by atoms with Crippen LogP contribution in [0.15, 0.2) is 63.6 Å². The summed E-state index contributed by atoms with van der Waals surface area (Å²) in [6.07, 6.45) is -5.67. The molecule has 1 aliphatic heterocycles. The van der Waals surface area contributed by atoms with Crippen LogP contribution in [0.25, 0.3) is 34.3 Å². The number of carbonyl (C=O) groups excluding carboxylic acids is 2. The maximum absolute atomic E-state index is 13.9. The number of carbonyl (C=O) groups is 2. The molecule has 0 aliphatic carbocycles. The third-order valence-electron chi connectivity index (χ3n) is 6.23. The topological polar surface area (TPSA) is 135 Å². The molecule has 13 heteroatoms. The minimum Gasteiger partial charge on any atom is -0.381 e. The summed E-state index contributed by atoms with van der Waals surface area (Å²) >= 11 is 0. The van der Waals surface area contributed by atoms with Gasteiger partial charge in [-0.15, -0.1) is 0 Å². The second-order valence-electron chi connectivity index (χ2n) is 8.84. The second-order valence-corrected chi connectivity index (χ2v) is 8.84. The largest absolute Gasteiger partial charge is 0.422 e. The number of aromatic nitrogens is 3. The summed E-state index contributed by atoms with van der Waals surface area (Å²) in [6.45, 7) is 1.56. The fraction of sp³-hybridized carbons (Fsp3) is 0.269. The number of hydrogen-bond acceptors (Lipinski definition) is 8. The number of nitrogens with one attached hydrogen (secondary N) is 1. The van der Waals surface area contributed by atoms with Crippen molar-refractivity contribution in [3.63, 3.8) is 0 Å². The smallest absolute Gasteiger partial charge is 0.381 e. The van der Waals surface area contributed by atoms with Gasteiger partial charge in [0.2, 0.25) is 11.6 Å². The van der Waals surface area contributed by atoms with Gasteiger partial charge in [0.15, 0.2) is 5.78 Å². The molecular formula is C26H22F3N5O5. The molecule has 5 rings (SSSR count). The standard InChI is InChI=1S/C26H22F3N5O5/c27-26(28,29)19-20(15-5-2-1-3-6-15)32-38-22(19)24-31-23(33-39-24)17-10-8-16(9-11-17)21(36)18(35)7-4-13-34-14-12-30-25(34)37/h1-3,5-6,8-11,21,36H,4,7,12-14H2,(H,30,37). The van der Waals surface area contributed by atoms with Gasteiger partial charge in [-0.3, -0.25) is 4.79 Å². The van der Waals surface area contributed by atoms with Crippen LogP contribution in [0.3, 0.4) is 0 Å². The quantitative estimate of drug-likeness (QED) is 0.317. The number of aliphatic hydroxyl groups is 1. The van der Waals surface area contributed by atoms with Gasteiger partial charge in [0.25, 0.3) is 5.89 Å². The molecule has 2 amide bonds. The summed E-state index contributed by atoms with van der Waals surface area (Å²) in [5, 5.41) is 20.5. The summed E-state index contributed by atoms with van der Waals surface area (Å²) in [5.74, 6) is -1.63. The molecule has 202 valence electrons. The number of ketones is 1. The minimum atomic E-state index is -4.81. The van der Waals surface area contributed by atoms with Crippen molar-refractivity contribution in [2.45, 2.75) is 25.1 Å². The van der Waals surface area contributed by atoms with E-state index in [4.69, 9.17) is 9.05 Å². The Morgan fingerprint density at radius 1 is 1.05 bits per heavy atom. The van der Waals surface area contributed by atoms with Crippen LogP contribution < -0.4 is 5.32 Å². The molecule has 2 aromatic carbocycles. The van der Waals surface area contributed by atoms with Crippen LogP contribution in [0.2, 0.25) is 0 Å². The van der Waals surface area contributed by atoms with Crippen LogP contribution in [-0.2, 0) is 11.0 Å². The van der Waals surface area contributed by atoms with E-state index in [0.29, 0.717) is 37.2 Å². The molecule has 2 N–H and O–H groups in total. The van der Waals surface area contributed by atoms with Gasteiger partial charge in [-0.1, -0.05) is 64.9 Å². The monoisotopic (exact) mass is 541 g/mol. The number of urea groups is 1. The number of hydrogen-bond donors (Lipinski definition) is 2. The zero-order chi connectivity index (χ0) is 27.6. The highest BCUT2D eigenvalue weighted by Crippen LogP contribution is 2.43. The molecule has 0 saturated carbocycles. The average Bonchev–Trinajstić information content (AvgIpc) is 3.68. The van der Waals surface area contributed by atoms with Gasteiger partial charge in [0.05, 0.1) is 0 Å². The zero-order valence-electron chi connectivity index (χ0n) is 20.3. The molecular weight excluding hydrogens is 519 g/mol. The summed E-state index contributed by atoms with van der Waals surface area (Å²) in [6, 6.07) is 13.6. The molecule has 2 aromatic heterocycles. The molecule has 1 fully saturated rings. The van der Waals surface area contributed by atoms with Crippen LogP contribution >= 0.6 is 0 Å². The highest BCUT2D eigenvalue weighted by atomic mass is 19.4.